The molecule has 108 valence electrons. The lowest BCUT2D eigenvalue weighted by molar-refractivity contribution is 0.226. The molecule has 0 aliphatic heterocycles. The fourth-order valence-corrected chi connectivity index (χ4v) is 3.49. The predicted molar refractivity (Wildman–Crippen MR) is 90.8 cm³/mol. The quantitative estimate of drug-likeness (QED) is 0.665. The van der Waals surface area contributed by atoms with E-state index >= 15 is 0 Å². The second-order valence-corrected chi connectivity index (χ2v) is 6.07. The van der Waals surface area contributed by atoms with E-state index in [0.29, 0.717) is 0 Å². The molecule has 1 heteroatoms. The van der Waals surface area contributed by atoms with Crippen LogP contribution in [-0.4, -0.2) is 5.11 Å². The molecule has 0 amide bonds. The van der Waals surface area contributed by atoms with Crippen LogP contribution in [0.5, 0.6) is 0 Å². The third kappa shape index (κ3) is 1.83. The van der Waals surface area contributed by atoms with Crippen molar-refractivity contribution in [1.29, 1.82) is 0 Å². The van der Waals surface area contributed by atoms with Crippen molar-refractivity contribution in [1.82, 2.24) is 0 Å². The van der Waals surface area contributed by atoms with Crippen molar-refractivity contribution in [2.75, 3.05) is 0 Å². The van der Waals surface area contributed by atoms with E-state index in [2.05, 4.69) is 56.3 Å². The standard InChI is InChI=1S/C21H18O/c1-13-10-11-14(2)19(12-13)17-9-5-8-16-15-6-3-4-7-18(15)21(22)20(16)17/h3-12,21-22H,1-2H3. The van der Waals surface area contributed by atoms with Crippen LogP contribution in [0.15, 0.2) is 60.7 Å². The van der Waals surface area contributed by atoms with Gasteiger partial charge in [-0.25, -0.2) is 0 Å². The van der Waals surface area contributed by atoms with E-state index in [1.807, 2.05) is 18.2 Å². The van der Waals surface area contributed by atoms with Gasteiger partial charge in [-0.3, -0.25) is 0 Å². The van der Waals surface area contributed by atoms with Crippen LogP contribution in [0.3, 0.4) is 0 Å². The molecule has 0 bridgehead atoms. The van der Waals surface area contributed by atoms with E-state index in [1.54, 1.807) is 0 Å². The minimum absolute atomic E-state index is 0.540. The third-order valence-corrected chi connectivity index (χ3v) is 4.61. The Bertz CT molecular complexity index is 877. The number of aryl methyl sites for hydroxylation is 2. The van der Waals surface area contributed by atoms with Gasteiger partial charge in [-0.05, 0) is 47.2 Å². The molecule has 4 rings (SSSR count). The van der Waals surface area contributed by atoms with Gasteiger partial charge in [0, 0.05) is 5.56 Å². The highest BCUT2D eigenvalue weighted by Gasteiger charge is 2.29. The average Bonchev–Trinajstić information content (AvgIpc) is 2.84. The lowest BCUT2D eigenvalue weighted by Gasteiger charge is -2.15. The molecule has 0 heterocycles. The number of hydrogen-bond acceptors (Lipinski definition) is 1. The zero-order valence-corrected chi connectivity index (χ0v) is 12.8. The second-order valence-electron chi connectivity index (χ2n) is 6.07. The fraction of sp³-hybridized carbons (Fsp3) is 0.143. The van der Waals surface area contributed by atoms with Crippen LogP contribution in [0, 0.1) is 13.8 Å². The van der Waals surface area contributed by atoms with Crippen molar-refractivity contribution in [2.45, 2.75) is 20.0 Å². The zero-order valence-electron chi connectivity index (χ0n) is 12.8. The highest BCUT2D eigenvalue weighted by Crippen LogP contribution is 2.47. The number of rotatable bonds is 1. The Morgan fingerprint density at radius 1 is 0.727 bits per heavy atom. The molecule has 1 aliphatic rings. The first-order valence-electron chi connectivity index (χ1n) is 7.64. The van der Waals surface area contributed by atoms with E-state index in [0.717, 1.165) is 27.8 Å². The molecule has 0 saturated carbocycles. The maximum Gasteiger partial charge on any atom is 0.106 e. The molecule has 3 aromatic carbocycles. The normalized spacial score (nSPS) is 15.5. The van der Waals surface area contributed by atoms with Crippen LogP contribution in [0.4, 0.5) is 0 Å². The van der Waals surface area contributed by atoms with Crippen molar-refractivity contribution in [2.24, 2.45) is 0 Å². The molecule has 22 heavy (non-hydrogen) atoms. The van der Waals surface area contributed by atoms with Crippen LogP contribution >= 0.6 is 0 Å². The van der Waals surface area contributed by atoms with Crippen LogP contribution in [0.25, 0.3) is 22.3 Å². The van der Waals surface area contributed by atoms with Gasteiger partial charge in [0.2, 0.25) is 0 Å². The summed E-state index contributed by atoms with van der Waals surface area (Å²) in [5.41, 5.74) is 9.18. The number of aliphatic hydroxyl groups excluding tert-OH is 1. The van der Waals surface area contributed by atoms with E-state index in [-0.39, 0.29) is 0 Å². The van der Waals surface area contributed by atoms with Crippen LogP contribution < -0.4 is 0 Å². The summed E-state index contributed by atoms with van der Waals surface area (Å²) >= 11 is 0. The van der Waals surface area contributed by atoms with Crippen LogP contribution in [0.1, 0.15) is 28.4 Å². The lowest BCUT2D eigenvalue weighted by atomic mass is 9.91. The van der Waals surface area contributed by atoms with Crippen molar-refractivity contribution < 1.29 is 5.11 Å². The third-order valence-electron chi connectivity index (χ3n) is 4.61. The smallest absolute Gasteiger partial charge is 0.106 e. The number of hydrogen-bond donors (Lipinski definition) is 1. The topological polar surface area (TPSA) is 20.2 Å². The summed E-state index contributed by atoms with van der Waals surface area (Å²) in [6.45, 7) is 4.24. The molecule has 1 atom stereocenters. The monoisotopic (exact) mass is 286 g/mol. The number of aliphatic hydroxyl groups is 1. The summed E-state index contributed by atoms with van der Waals surface area (Å²) < 4.78 is 0. The van der Waals surface area contributed by atoms with Crippen molar-refractivity contribution in [3.8, 4) is 22.3 Å². The minimum atomic E-state index is -0.540. The molecule has 1 nitrogen and oxygen atoms in total. The van der Waals surface area contributed by atoms with E-state index in [1.165, 1.54) is 16.7 Å². The van der Waals surface area contributed by atoms with Gasteiger partial charge in [-0.1, -0.05) is 66.2 Å². The molecule has 0 radical (unpaired) electrons. The van der Waals surface area contributed by atoms with Gasteiger partial charge in [0.05, 0.1) is 0 Å². The Labute approximate surface area is 130 Å². The molecular formula is C21H18O. The van der Waals surface area contributed by atoms with Crippen molar-refractivity contribution in [3.63, 3.8) is 0 Å². The summed E-state index contributed by atoms with van der Waals surface area (Å²) in [4.78, 5) is 0. The Morgan fingerprint density at radius 3 is 2.23 bits per heavy atom. The Balaban J connectivity index is 2.01. The van der Waals surface area contributed by atoms with Gasteiger partial charge in [0.15, 0.2) is 0 Å². The Kier molecular flexibility index (Phi) is 2.91. The summed E-state index contributed by atoms with van der Waals surface area (Å²) in [5.74, 6) is 0. The van der Waals surface area contributed by atoms with Gasteiger partial charge in [-0.2, -0.15) is 0 Å². The molecule has 1 unspecified atom stereocenters. The maximum absolute atomic E-state index is 10.8. The van der Waals surface area contributed by atoms with E-state index in [9.17, 15) is 5.11 Å². The molecule has 0 fully saturated rings. The SMILES string of the molecule is Cc1ccc(C)c(-c2cccc3c2C(O)c2ccccc2-3)c1. The molecular weight excluding hydrogens is 268 g/mol. The van der Waals surface area contributed by atoms with Crippen molar-refractivity contribution in [3.05, 3.63) is 82.9 Å². The van der Waals surface area contributed by atoms with Gasteiger partial charge in [-0.15, -0.1) is 0 Å². The lowest BCUT2D eigenvalue weighted by Crippen LogP contribution is -1.98. The van der Waals surface area contributed by atoms with Crippen molar-refractivity contribution >= 4 is 0 Å². The highest BCUT2D eigenvalue weighted by molar-refractivity contribution is 5.86. The van der Waals surface area contributed by atoms with Gasteiger partial charge < -0.3 is 5.11 Å². The zero-order chi connectivity index (χ0) is 15.3. The number of fused-ring (bicyclic) bond motifs is 3. The van der Waals surface area contributed by atoms with Crippen LogP contribution in [0.2, 0.25) is 0 Å². The largest absolute Gasteiger partial charge is 0.384 e. The van der Waals surface area contributed by atoms with Gasteiger partial charge >= 0.3 is 0 Å². The predicted octanol–water partition coefficient (Wildman–Crippen LogP) is 5.03. The molecule has 0 spiro atoms. The molecule has 0 saturated heterocycles. The van der Waals surface area contributed by atoms with E-state index in [4.69, 9.17) is 0 Å². The number of benzene rings is 3. The minimum Gasteiger partial charge on any atom is -0.384 e. The average molecular weight is 286 g/mol. The molecule has 1 N–H and O–H groups in total. The molecule has 3 aromatic rings. The summed E-state index contributed by atoms with van der Waals surface area (Å²) in [6, 6.07) is 21.0. The Hall–Kier alpha value is -2.38. The first-order valence-corrected chi connectivity index (χ1v) is 7.64. The molecule has 1 aliphatic carbocycles. The molecule has 0 aromatic heterocycles. The fourth-order valence-electron chi connectivity index (χ4n) is 3.49. The van der Waals surface area contributed by atoms with Gasteiger partial charge in [0.1, 0.15) is 6.10 Å². The first kappa shape index (κ1) is 13.3. The van der Waals surface area contributed by atoms with Crippen LogP contribution in [-0.2, 0) is 0 Å². The van der Waals surface area contributed by atoms with Gasteiger partial charge in [0.25, 0.3) is 0 Å². The highest BCUT2D eigenvalue weighted by atomic mass is 16.3. The summed E-state index contributed by atoms with van der Waals surface area (Å²) in [5, 5.41) is 10.8. The summed E-state index contributed by atoms with van der Waals surface area (Å²) in [6.07, 6.45) is -0.540. The van der Waals surface area contributed by atoms with E-state index < -0.39 is 6.10 Å². The summed E-state index contributed by atoms with van der Waals surface area (Å²) in [7, 11) is 0. The Morgan fingerprint density at radius 2 is 1.41 bits per heavy atom. The first-order chi connectivity index (χ1) is 10.7. The second kappa shape index (κ2) is 4.82. The maximum atomic E-state index is 10.8.